The molecule has 1 aliphatic rings. The molecule has 1 aromatic heterocycles. The van der Waals surface area contributed by atoms with Crippen LogP contribution in [-0.4, -0.2) is 28.1 Å². The molecule has 1 fully saturated rings. The van der Waals surface area contributed by atoms with Crippen molar-refractivity contribution in [1.29, 1.82) is 0 Å². The predicted molar refractivity (Wildman–Crippen MR) is 108 cm³/mol. The van der Waals surface area contributed by atoms with Gasteiger partial charge in [-0.25, -0.2) is 13.5 Å². The molecule has 6 nitrogen and oxygen atoms in total. The fraction of sp³-hybridized carbons (Fsp3) is 0.227. The van der Waals surface area contributed by atoms with Gasteiger partial charge in [-0.1, -0.05) is 29.8 Å². The molecule has 2 amide bonds. The van der Waals surface area contributed by atoms with Crippen LogP contribution in [0, 0.1) is 24.5 Å². The third-order valence-electron chi connectivity index (χ3n) is 5.08. The monoisotopic (exact) mass is 410 g/mol. The van der Waals surface area contributed by atoms with Crippen LogP contribution in [0.4, 0.5) is 20.3 Å². The maximum atomic E-state index is 14.1. The van der Waals surface area contributed by atoms with Gasteiger partial charge in [0.05, 0.1) is 24.3 Å². The van der Waals surface area contributed by atoms with Crippen molar-refractivity contribution in [2.45, 2.75) is 19.9 Å². The number of carbonyl (C=O) groups excluding carboxylic acids is 2. The Morgan fingerprint density at radius 1 is 1.20 bits per heavy atom. The Morgan fingerprint density at radius 3 is 2.80 bits per heavy atom. The van der Waals surface area contributed by atoms with Gasteiger partial charge in [-0.3, -0.25) is 9.59 Å². The highest BCUT2D eigenvalue weighted by Crippen LogP contribution is 2.28. The number of rotatable bonds is 5. The molecule has 8 heteroatoms. The zero-order chi connectivity index (χ0) is 21.3. The highest BCUT2D eigenvalue weighted by Gasteiger charge is 2.36. The fourth-order valence-electron chi connectivity index (χ4n) is 3.59. The summed E-state index contributed by atoms with van der Waals surface area (Å²) in [5, 5.41) is 7.07. The number of carbonyl (C=O) groups is 2. The number of aromatic nitrogens is 2. The smallest absolute Gasteiger partial charge is 0.230 e. The van der Waals surface area contributed by atoms with E-state index in [2.05, 4.69) is 10.4 Å². The quantitative estimate of drug-likeness (QED) is 0.700. The lowest BCUT2D eigenvalue weighted by molar-refractivity contribution is -0.122. The SMILES string of the molecule is Cc1cccc(Cn2nccc2NC(=O)C2CC(=O)N(c3ccc(F)cc3F)C2)c1. The summed E-state index contributed by atoms with van der Waals surface area (Å²) in [6, 6.07) is 12.7. The molecule has 4 rings (SSSR count). The van der Waals surface area contributed by atoms with Crippen LogP contribution in [0.15, 0.2) is 54.7 Å². The van der Waals surface area contributed by atoms with Crippen molar-refractivity contribution in [3.63, 3.8) is 0 Å². The lowest BCUT2D eigenvalue weighted by Gasteiger charge is -2.17. The maximum absolute atomic E-state index is 14.1. The molecule has 0 bridgehead atoms. The molecule has 0 aliphatic carbocycles. The Bertz CT molecular complexity index is 1110. The Morgan fingerprint density at radius 2 is 2.03 bits per heavy atom. The highest BCUT2D eigenvalue weighted by atomic mass is 19.1. The summed E-state index contributed by atoms with van der Waals surface area (Å²) in [5.74, 6) is -2.42. The van der Waals surface area contributed by atoms with Gasteiger partial charge in [0.2, 0.25) is 11.8 Å². The first kappa shape index (κ1) is 19.8. The highest BCUT2D eigenvalue weighted by molar-refractivity contribution is 6.03. The van der Waals surface area contributed by atoms with E-state index < -0.39 is 17.6 Å². The van der Waals surface area contributed by atoms with Crippen LogP contribution in [0.5, 0.6) is 0 Å². The van der Waals surface area contributed by atoms with Gasteiger partial charge in [-0.2, -0.15) is 5.10 Å². The lowest BCUT2D eigenvalue weighted by atomic mass is 10.1. The van der Waals surface area contributed by atoms with E-state index in [1.165, 1.54) is 11.0 Å². The largest absolute Gasteiger partial charge is 0.311 e. The van der Waals surface area contributed by atoms with Crippen molar-refractivity contribution in [2.24, 2.45) is 5.92 Å². The van der Waals surface area contributed by atoms with E-state index >= 15 is 0 Å². The summed E-state index contributed by atoms with van der Waals surface area (Å²) in [4.78, 5) is 26.3. The number of nitrogens with one attached hydrogen (secondary N) is 1. The van der Waals surface area contributed by atoms with Gasteiger partial charge < -0.3 is 10.2 Å². The van der Waals surface area contributed by atoms with Gasteiger partial charge in [0.15, 0.2) is 0 Å². The van der Waals surface area contributed by atoms with Crippen molar-refractivity contribution in [1.82, 2.24) is 9.78 Å². The topological polar surface area (TPSA) is 67.2 Å². The van der Waals surface area contributed by atoms with Crippen molar-refractivity contribution >= 4 is 23.3 Å². The predicted octanol–water partition coefficient (Wildman–Crippen LogP) is 3.51. The average Bonchev–Trinajstić information content (AvgIpc) is 3.28. The summed E-state index contributed by atoms with van der Waals surface area (Å²) in [6.07, 6.45) is 1.54. The van der Waals surface area contributed by atoms with Gasteiger partial charge in [0, 0.05) is 25.1 Å². The van der Waals surface area contributed by atoms with E-state index in [1.54, 1.807) is 16.9 Å². The minimum absolute atomic E-state index is 0.0267. The lowest BCUT2D eigenvalue weighted by Crippen LogP contribution is -2.29. The third-order valence-corrected chi connectivity index (χ3v) is 5.08. The second-order valence-electron chi connectivity index (χ2n) is 7.35. The molecular formula is C22H20F2N4O2. The number of anilines is 2. The first-order valence-electron chi connectivity index (χ1n) is 9.54. The molecule has 0 spiro atoms. The first-order valence-corrected chi connectivity index (χ1v) is 9.54. The number of benzene rings is 2. The summed E-state index contributed by atoms with van der Waals surface area (Å²) in [5.41, 5.74) is 2.15. The molecule has 1 N–H and O–H groups in total. The molecule has 0 saturated carbocycles. The van der Waals surface area contributed by atoms with Crippen LogP contribution in [-0.2, 0) is 16.1 Å². The van der Waals surface area contributed by atoms with Crippen LogP contribution in [0.25, 0.3) is 0 Å². The standard InChI is InChI=1S/C22H20F2N4O2/c1-14-3-2-4-15(9-14)12-28-20(7-8-25-28)26-22(30)16-10-21(29)27(13-16)19-6-5-17(23)11-18(19)24/h2-9,11,16H,10,12-13H2,1H3,(H,26,30). The number of hydrogen-bond donors (Lipinski definition) is 1. The van der Waals surface area contributed by atoms with Gasteiger partial charge in [-0.15, -0.1) is 0 Å². The molecular weight excluding hydrogens is 390 g/mol. The molecule has 0 radical (unpaired) electrons. The van der Waals surface area contributed by atoms with Crippen LogP contribution < -0.4 is 10.2 Å². The van der Waals surface area contributed by atoms with Gasteiger partial charge in [0.1, 0.15) is 17.5 Å². The van der Waals surface area contributed by atoms with E-state index in [9.17, 15) is 18.4 Å². The number of nitrogens with zero attached hydrogens (tertiary/aromatic N) is 3. The first-order chi connectivity index (χ1) is 14.4. The molecule has 1 saturated heterocycles. The van der Waals surface area contributed by atoms with Gasteiger partial charge in [-0.05, 0) is 24.6 Å². The summed E-state index contributed by atoms with van der Waals surface area (Å²) in [7, 11) is 0. The summed E-state index contributed by atoms with van der Waals surface area (Å²) < 4.78 is 28.9. The zero-order valence-electron chi connectivity index (χ0n) is 16.3. The molecule has 2 heterocycles. The molecule has 154 valence electrons. The third kappa shape index (κ3) is 4.07. The Hall–Kier alpha value is -3.55. The normalized spacial score (nSPS) is 16.2. The Balaban J connectivity index is 1.45. The van der Waals surface area contributed by atoms with Crippen molar-refractivity contribution < 1.29 is 18.4 Å². The molecule has 30 heavy (non-hydrogen) atoms. The van der Waals surface area contributed by atoms with E-state index in [0.717, 1.165) is 23.3 Å². The maximum Gasteiger partial charge on any atom is 0.230 e. The zero-order valence-corrected chi connectivity index (χ0v) is 16.3. The molecule has 3 aromatic rings. The average molecular weight is 410 g/mol. The van der Waals surface area contributed by atoms with Crippen molar-refractivity contribution in [2.75, 3.05) is 16.8 Å². The summed E-state index contributed by atoms with van der Waals surface area (Å²) in [6.45, 7) is 2.52. The molecule has 1 atom stereocenters. The van der Waals surface area contributed by atoms with Crippen LogP contribution in [0.1, 0.15) is 17.5 Å². The molecule has 2 aromatic carbocycles. The number of aryl methyl sites for hydroxylation is 1. The fourth-order valence-corrected chi connectivity index (χ4v) is 3.59. The van der Waals surface area contributed by atoms with Gasteiger partial charge >= 0.3 is 0 Å². The number of amides is 2. The van der Waals surface area contributed by atoms with E-state index in [4.69, 9.17) is 0 Å². The van der Waals surface area contributed by atoms with E-state index in [-0.39, 0.29) is 30.5 Å². The van der Waals surface area contributed by atoms with Crippen LogP contribution in [0.2, 0.25) is 0 Å². The second kappa shape index (κ2) is 8.06. The molecule has 1 aliphatic heterocycles. The van der Waals surface area contributed by atoms with Crippen LogP contribution in [0.3, 0.4) is 0 Å². The van der Waals surface area contributed by atoms with E-state index in [0.29, 0.717) is 12.4 Å². The minimum atomic E-state index is -0.833. The molecule has 1 unspecified atom stereocenters. The van der Waals surface area contributed by atoms with E-state index in [1.807, 2.05) is 31.2 Å². The van der Waals surface area contributed by atoms with Crippen molar-refractivity contribution in [3.8, 4) is 0 Å². The van der Waals surface area contributed by atoms with Crippen LogP contribution >= 0.6 is 0 Å². The van der Waals surface area contributed by atoms with Gasteiger partial charge in [0.25, 0.3) is 0 Å². The number of hydrogen-bond acceptors (Lipinski definition) is 3. The number of halogens is 2. The Labute approximate surface area is 172 Å². The summed E-state index contributed by atoms with van der Waals surface area (Å²) >= 11 is 0. The Kier molecular flexibility index (Phi) is 5.31. The minimum Gasteiger partial charge on any atom is -0.311 e. The van der Waals surface area contributed by atoms with Crippen molar-refractivity contribution in [3.05, 3.63) is 77.5 Å². The second-order valence-corrected chi connectivity index (χ2v) is 7.35.